The van der Waals surface area contributed by atoms with Crippen molar-refractivity contribution in [2.45, 2.75) is 37.8 Å². The average molecular weight is 340 g/mol. The molecule has 130 valence electrons. The third kappa shape index (κ3) is 3.26. The van der Waals surface area contributed by atoms with Crippen LogP contribution in [0, 0.1) is 0 Å². The summed E-state index contributed by atoms with van der Waals surface area (Å²) in [5, 5.41) is 3.99. The molecule has 1 aromatic carbocycles. The predicted molar refractivity (Wildman–Crippen MR) is 88.4 cm³/mol. The molecule has 2 aromatic rings. The molecule has 0 N–H and O–H groups in total. The zero-order valence-corrected chi connectivity index (χ0v) is 14.1. The first-order valence-corrected chi connectivity index (χ1v) is 8.52. The lowest BCUT2D eigenvalue weighted by atomic mass is 10.0. The summed E-state index contributed by atoms with van der Waals surface area (Å²) in [6.07, 6.45) is 2.64. The standard InChI is InChI=1S/C18H20N4O3/c1-21-11-16(23)22(10-15-19-17(20-25-15)13-7-8-13)14(18(21)24)9-12-5-3-2-4-6-12/h2-6,13-14H,7-11H2,1H3/t14-/m1/s1. The number of amides is 2. The highest BCUT2D eigenvalue weighted by atomic mass is 16.5. The molecule has 2 amide bonds. The second kappa shape index (κ2) is 6.31. The second-order valence-electron chi connectivity index (χ2n) is 6.74. The van der Waals surface area contributed by atoms with Gasteiger partial charge in [-0.25, -0.2) is 0 Å². The molecule has 2 aliphatic rings. The molecular weight excluding hydrogens is 320 g/mol. The van der Waals surface area contributed by atoms with Crippen LogP contribution in [0.25, 0.3) is 0 Å². The van der Waals surface area contributed by atoms with Crippen molar-refractivity contribution < 1.29 is 14.1 Å². The van der Waals surface area contributed by atoms with Gasteiger partial charge in [0.05, 0.1) is 6.54 Å². The first kappa shape index (κ1) is 15.8. The number of carbonyl (C=O) groups excluding carboxylic acids is 2. The Morgan fingerprint density at radius 2 is 1.96 bits per heavy atom. The van der Waals surface area contributed by atoms with Gasteiger partial charge >= 0.3 is 0 Å². The van der Waals surface area contributed by atoms with Gasteiger partial charge in [-0.05, 0) is 18.4 Å². The Kier molecular flexibility index (Phi) is 3.99. The first-order valence-electron chi connectivity index (χ1n) is 8.52. The summed E-state index contributed by atoms with van der Waals surface area (Å²) in [6.45, 7) is 0.253. The summed E-state index contributed by atoms with van der Waals surface area (Å²) in [5.74, 6) is 1.33. The highest BCUT2D eigenvalue weighted by molar-refractivity contribution is 5.94. The van der Waals surface area contributed by atoms with Crippen molar-refractivity contribution >= 4 is 11.8 Å². The van der Waals surface area contributed by atoms with Crippen LogP contribution in [0.2, 0.25) is 0 Å². The zero-order chi connectivity index (χ0) is 17.4. The lowest BCUT2D eigenvalue weighted by Gasteiger charge is -2.38. The van der Waals surface area contributed by atoms with Gasteiger partial charge in [0, 0.05) is 19.4 Å². The Balaban J connectivity index is 1.56. The van der Waals surface area contributed by atoms with Crippen molar-refractivity contribution in [2.24, 2.45) is 0 Å². The van der Waals surface area contributed by atoms with Gasteiger partial charge in [-0.15, -0.1) is 0 Å². The van der Waals surface area contributed by atoms with E-state index in [0.717, 1.165) is 18.4 Å². The van der Waals surface area contributed by atoms with Crippen LogP contribution in [-0.2, 0) is 22.6 Å². The molecule has 1 atom stereocenters. The molecule has 25 heavy (non-hydrogen) atoms. The maximum absolute atomic E-state index is 12.7. The largest absolute Gasteiger partial charge is 0.337 e. The van der Waals surface area contributed by atoms with E-state index in [1.165, 1.54) is 4.90 Å². The quantitative estimate of drug-likeness (QED) is 0.821. The number of aromatic nitrogens is 2. The molecule has 1 aliphatic heterocycles. The fraction of sp³-hybridized carbons (Fsp3) is 0.444. The van der Waals surface area contributed by atoms with E-state index in [-0.39, 0.29) is 24.9 Å². The highest BCUT2D eigenvalue weighted by Crippen LogP contribution is 2.38. The number of rotatable bonds is 5. The third-order valence-corrected chi connectivity index (χ3v) is 4.73. The van der Waals surface area contributed by atoms with E-state index in [4.69, 9.17) is 4.52 Å². The van der Waals surface area contributed by atoms with E-state index >= 15 is 0 Å². The summed E-state index contributed by atoms with van der Waals surface area (Å²) in [4.78, 5) is 32.7. The monoisotopic (exact) mass is 340 g/mol. The number of benzene rings is 1. The Morgan fingerprint density at radius 1 is 1.20 bits per heavy atom. The molecule has 7 heteroatoms. The van der Waals surface area contributed by atoms with E-state index in [1.807, 2.05) is 30.3 Å². The molecule has 4 rings (SSSR count). The minimum atomic E-state index is -0.551. The Hall–Kier alpha value is -2.70. The van der Waals surface area contributed by atoms with Crippen molar-refractivity contribution in [2.75, 3.05) is 13.6 Å². The van der Waals surface area contributed by atoms with Crippen molar-refractivity contribution in [1.29, 1.82) is 0 Å². The zero-order valence-electron chi connectivity index (χ0n) is 14.1. The molecule has 1 aliphatic carbocycles. The molecule has 0 bridgehead atoms. The van der Waals surface area contributed by atoms with Gasteiger partial charge in [-0.1, -0.05) is 35.5 Å². The molecule has 1 aromatic heterocycles. The van der Waals surface area contributed by atoms with Crippen LogP contribution in [0.1, 0.15) is 36.0 Å². The fourth-order valence-electron chi connectivity index (χ4n) is 3.15. The van der Waals surface area contributed by atoms with E-state index in [1.54, 1.807) is 11.9 Å². The molecular formula is C18H20N4O3. The number of hydrogen-bond donors (Lipinski definition) is 0. The normalized spacial score (nSPS) is 21.1. The van der Waals surface area contributed by atoms with Gasteiger partial charge in [0.2, 0.25) is 17.7 Å². The summed E-state index contributed by atoms with van der Waals surface area (Å²) in [6, 6.07) is 9.16. The second-order valence-corrected chi connectivity index (χ2v) is 6.74. The molecule has 0 unspecified atom stereocenters. The van der Waals surface area contributed by atoms with Crippen LogP contribution in [0.15, 0.2) is 34.9 Å². The number of likely N-dealkylation sites (N-methyl/N-ethyl adjacent to an activating group) is 1. The Bertz CT molecular complexity index is 785. The van der Waals surface area contributed by atoms with Crippen molar-refractivity contribution in [1.82, 2.24) is 19.9 Å². The van der Waals surface area contributed by atoms with Crippen molar-refractivity contribution in [3.05, 3.63) is 47.6 Å². The van der Waals surface area contributed by atoms with Crippen LogP contribution in [-0.4, -0.2) is 51.4 Å². The maximum atomic E-state index is 12.7. The van der Waals surface area contributed by atoms with Crippen molar-refractivity contribution in [3.8, 4) is 0 Å². The number of carbonyl (C=O) groups is 2. The lowest BCUT2D eigenvalue weighted by Crippen LogP contribution is -2.59. The van der Waals surface area contributed by atoms with Gasteiger partial charge in [0.15, 0.2) is 5.82 Å². The SMILES string of the molecule is CN1CC(=O)N(Cc2nc(C3CC3)no2)[C@H](Cc2ccccc2)C1=O. The summed E-state index contributed by atoms with van der Waals surface area (Å²) < 4.78 is 5.30. The van der Waals surface area contributed by atoms with Crippen LogP contribution in [0.5, 0.6) is 0 Å². The smallest absolute Gasteiger partial charge is 0.246 e. The van der Waals surface area contributed by atoms with E-state index in [0.29, 0.717) is 24.1 Å². The van der Waals surface area contributed by atoms with Gasteiger partial charge in [0.25, 0.3) is 0 Å². The molecule has 7 nitrogen and oxygen atoms in total. The first-order chi connectivity index (χ1) is 12.1. The molecule has 0 spiro atoms. The number of hydrogen-bond acceptors (Lipinski definition) is 5. The van der Waals surface area contributed by atoms with Gasteiger partial charge in [-0.3, -0.25) is 9.59 Å². The molecule has 1 saturated carbocycles. The molecule has 0 radical (unpaired) electrons. The predicted octanol–water partition coefficient (Wildman–Crippen LogP) is 1.36. The number of piperazine rings is 1. The average Bonchev–Trinajstić information content (AvgIpc) is 3.36. The van der Waals surface area contributed by atoms with Crippen LogP contribution < -0.4 is 0 Å². The Labute approximate surface area is 145 Å². The molecule has 2 fully saturated rings. The van der Waals surface area contributed by atoms with Crippen LogP contribution >= 0.6 is 0 Å². The fourth-order valence-corrected chi connectivity index (χ4v) is 3.15. The molecule has 1 saturated heterocycles. The van der Waals surface area contributed by atoms with E-state index in [2.05, 4.69) is 10.1 Å². The van der Waals surface area contributed by atoms with Gasteiger partial charge < -0.3 is 14.3 Å². The highest BCUT2D eigenvalue weighted by Gasteiger charge is 2.39. The minimum absolute atomic E-state index is 0.0645. The summed E-state index contributed by atoms with van der Waals surface area (Å²) in [5.41, 5.74) is 1.01. The summed E-state index contributed by atoms with van der Waals surface area (Å²) in [7, 11) is 1.66. The van der Waals surface area contributed by atoms with Crippen molar-refractivity contribution in [3.63, 3.8) is 0 Å². The summed E-state index contributed by atoms with van der Waals surface area (Å²) >= 11 is 0. The van der Waals surface area contributed by atoms with Gasteiger partial charge in [0.1, 0.15) is 12.6 Å². The minimum Gasteiger partial charge on any atom is -0.337 e. The molecule has 2 heterocycles. The lowest BCUT2D eigenvalue weighted by molar-refractivity contribution is -0.155. The topological polar surface area (TPSA) is 79.5 Å². The van der Waals surface area contributed by atoms with E-state index in [9.17, 15) is 9.59 Å². The Morgan fingerprint density at radius 3 is 2.68 bits per heavy atom. The van der Waals surface area contributed by atoms with Crippen LogP contribution in [0.4, 0.5) is 0 Å². The van der Waals surface area contributed by atoms with Crippen LogP contribution in [0.3, 0.4) is 0 Å². The third-order valence-electron chi connectivity index (χ3n) is 4.73. The number of nitrogens with zero attached hydrogens (tertiary/aromatic N) is 4. The maximum Gasteiger partial charge on any atom is 0.246 e. The van der Waals surface area contributed by atoms with Gasteiger partial charge in [-0.2, -0.15) is 4.98 Å². The van der Waals surface area contributed by atoms with E-state index < -0.39 is 6.04 Å².